The summed E-state index contributed by atoms with van der Waals surface area (Å²) in [4.78, 5) is 4.12. The van der Waals surface area contributed by atoms with Gasteiger partial charge in [0.15, 0.2) is 6.10 Å². The molecule has 6 heteroatoms. The topological polar surface area (TPSA) is 45.1 Å². The molecule has 1 aromatic rings. The van der Waals surface area contributed by atoms with E-state index < -0.39 is 18.8 Å². The molecule has 0 aliphatic carbocycles. The van der Waals surface area contributed by atoms with Crippen molar-refractivity contribution in [2.24, 2.45) is 5.92 Å². The van der Waals surface area contributed by atoms with E-state index in [1.54, 1.807) is 24.4 Å². The predicted molar refractivity (Wildman–Crippen MR) is 61.9 cm³/mol. The lowest BCUT2D eigenvalue weighted by Crippen LogP contribution is -2.41. The van der Waals surface area contributed by atoms with Gasteiger partial charge in [0, 0.05) is 12.7 Å². The number of rotatable bonds is 5. The minimum absolute atomic E-state index is 0.0698. The van der Waals surface area contributed by atoms with Crippen LogP contribution in [0.2, 0.25) is 0 Å². The summed E-state index contributed by atoms with van der Waals surface area (Å²) >= 11 is 0. The van der Waals surface area contributed by atoms with Crippen LogP contribution in [0, 0.1) is 5.92 Å². The van der Waals surface area contributed by atoms with Crippen molar-refractivity contribution in [1.82, 2.24) is 10.3 Å². The zero-order valence-corrected chi connectivity index (χ0v) is 10.3. The molecule has 1 aromatic heterocycles. The minimum atomic E-state index is -4.60. The molecule has 0 aliphatic rings. The maximum atomic E-state index is 12.2. The van der Waals surface area contributed by atoms with E-state index in [-0.39, 0.29) is 12.0 Å². The first-order valence-electron chi connectivity index (χ1n) is 5.71. The number of aliphatic hydroxyl groups excluding tert-OH is 1. The van der Waals surface area contributed by atoms with Crippen LogP contribution in [0.3, 0.4) is 0 Å². The molecule has 3 nitrogen and oxygen atoms in total. The Bertz CT molecular complexity index is 354. The Balaban J connectivity index is 2.66. The van der Waals surface area contributed by atoms with Crippen LogP contribution in [0.25, 0.3) is 0 Å². The number of alkyl halides is 3. The fourth-order valence-electron chi connectivity index (χ4n) is 1.60. The van der Waals surface area contributed by atoms with Gasteiger partial charge in [0.1, 0.15) is 0 Å². The highest BCUT2D eigenvalue weighted by Gasteiger charge is 2.38. The van der Waals surface area contributed by atoms with Crippen LogP contribution in [0.15, 0.2) is 24.4 Å². The van der Waals surface area contributed by atoms with E-state index in [0.717, 1.165) is 0 Å². The smallest absolute Gasteiger partial charge is 0.382 e. The highest BCUT2D eigenvalue weighted by atomic mass is 19.4. The van der Waals surface area contributed by atoms with Crippen molar-refractivity contribution >= 4 is 0 Å². The minimum Gasteiger partial charge on any atom is -0.382 e. The molecule has 0 saturated heterocycles. The third kappa shape index (κ3) is 4.27. The van der Waals surface area contributed by atoms with Gasteiger partial charge in [0.05, 0.1) is 11.7 Å². The Labute approximate surface area is 104 Å². The number of pyridine rings is 1. The number of hydrogen-bond donors (Lipinski definition) is 2. The van der Waals surface area contributed by atoms with E-state index in [1.807, 2.05) is 13.8 Å². The predicted octanol–water partition coefficient (Wildman–Crippen LogP) is 2.29. The monoisotopic (exact) mass is 262 g/mol. The third-order valence-electron chi connectivity index (χ3n) is 2.58. The SMILES string of the molecule is CC(C)[C@@H](NC[C@@H](O)C(F)(F)F)c1ccccn1. The highest BCUT2D eigenvalue weighted by Crippen LogP contribution is 2.22. The van der Waals surface area contributed by atoms with Crippen LogP contribution in [-0.4, -0.2) is 28.9 Å². The number of nitrogens with one attached hydrogen (secondary N) is 1. The van der Waals surface area contributed by atoms with Crippen LogP contribution in [0.4, 0.5) is 13.2 Å². The molecule has 0 radical (unpaired) electrons. The molecule has 0 aliphatic heterocycles. The fraction of sp³-hybridized carbons (Fsp3) is 0.583. The lowest BCUT2D eigenvalue weighted by atomic mass is 10.00. The van der Waals surface area contributed by atoms with Gasteiger partial charge in [-0.3, -0.25) is 4.98 Å². The van der Waals surface area contributed by atoms with Crippen LogP contribution >= 0.6 is 0 Å². The Morgan fingerprint density at radius 1 is 1.33 bits per heavy atom. The first kappa shape index (κ1) is 14.9. The van der Waals surface area contributed by atoms with E-state index in [4.69, 9.17) is 5.11 Å². The molecule has 18 heavy (non-hydrogen) atoms. The molecule has 0 amide bonds. The van der Waals surface area contributed by atoms with Gasteiger partial charge in [-0.25, -0.2) is 0 Å². The quantitative estimate of drug-likeness (QED) is 0.855. The van der Waals surface area contributed by atoms with Crippen molar-refractivity contribution in [2.75, 3.05) is 6.54 Å². The number of hydrogen-bond acceptors (Lipinski definition) is 3. The summed E-state index contributed by atoms with van der Waals surface area (Å²) in [5.74, 6) is 0.0698. The van der Waals surface area contributed by atoms with E-state index in [9.17, 15) is 13.2 Å². The van der Waals surface area contributed by atoms with Crippen LogP contribution in [0.1, 0.15) is 25.6 Å². The largest absolute Gasteiger partial charge is 0.415 e. The lowest BCUT2D eigenvalue weighted by molar-refractivity contribution is -0.202. The van der Waals surface area contributed by atoms with Crippen molar-refractivity contribution in [2.45, 2.75) is 32.2 Å². The Morgan fingerprint density at radius 3 is 2.44 bits per heavy atom. The first-order chi connectivity index (χ1) is 8.32. The van der Waals surface area contributed by atoms with Gasteiger partial charge in [-0.15, -0.1) is 0 Å². The van der Waals surface area contributed by atoms with Crippen LogP contribution < -0.4 is 5.32 Å². The molecule has 102 valence electrons. The summed E-state index contributed by atoms with van der Waals surface area (Å²) < 4.78 is 36.6. The van der Waals surface area contributed by atoms with Crippen molar-refractivity contribution in [1.29, 1.82) is 0 Å². The van der Waals surface area contributed by atoms with Gasteiger partial charge >= 0.3 is 6.18 Å². The normalized spacial score (nSPS) is 15.7. The third-order valence-corrected chi connectivity index (χ3v) is 2.58. The number of aliphatic hydroxyl groups is 1. The summed E-state index contributed by atoms with van der Waals surface area (Å²) in [5, 5.41) is 11.7. The summed E-state index contributed by atoms with van der Waals surface area (Å²) in [6.45, 7) is 3.22. The molecule has 1 heterocycles. The van der Waals surface area contributed by atoms with E-state index in [0.29, 0.717) is 5.69 Å². The molecule has 2 N–H and O–H groups in total. The molecular formula is C12H17F3N2O. The van der Waals surface area contributed by atoms with E-state index >= 15 is 0 Å². The molecule has 0 unspecified atom stereocenters. The Hall–Kier alpha value is -1.14. The second kappa shape index (κ2) is 6.15. The summed E-state index contributed by atoms with van der Waals surface area (Å²) in [5.41, 5.74) is 0.668. The number of nitrogens with zero attached hydrogens (tertiary/aromatic N) is 1. The second-order valence-electron chi connectivity index (χ2n) is 4.44. The summed E-state index contributed by atoms with van der Waals surface area (Å²) in [6, 6.07) is 4.95. The number of halogens is 3. The zero-order valence-electron chi connectivity index (χ0n) is 10.3. The number of aromatic nitrogens is 1. The van der Waals surface area contributed by atoms with Gasteiger partial charge in [-0.2, -0.15) is 13.2 Å². The fourth-order valence-corrected chi connectivity index (χ4v) is 1.60. The average molecular weight is 262 g/mol. The maximum Gasteiger partial charge on any atom is 0.415 e. The van der Waals surface area contributed by atoms with Gasteiger partial charge in [0.2, 0.25) is 0 Å². The summed E-state index contributed by atoms with van der Waals surface area (Å²) in [7, 11) is 0. The first-order valence-corrected chi connectivity index (χ1v) is 5.71. The second-order valence-corrected chi connectivity index (χ2v) is 4.44. The molecule has 0 aromatic carbocycles. The van der Waals surface area contributed by atoms with E-state index in [2.05, 4.69) is 10.3 Å². The maximum absolute atomic E-state index is 12.2. The van der Waals surface area contributed by atoms with Crippen molar-refractivity contribution in [3.63, 3.8) is 0 Å². The molecular weight excluding hydrogens is 245 g/mol. The van der Waals surface area contributed by atoms with E-state index in [1.165, 1.54) is 0 Å². The average Bonchev–Trinajstić information content (AvgIpc) is 2.28. The van der Waals surface area contributed by atoms with Gasteiger partial charge in [-0.05, 0) is 18.1 Å². The summed E-state index contributed by atoms with van der Waals surface area (Å²) in [6.07, 6.45) is -5.37. The van der Waals surface area contributed by atoms with Gasteiger partial charge in [-0.1, -0.05) is 19.9 Å². The Kier molecular flexibility index (Phi) is 5.10. The van der Waals surface area contributed by atoms with Crippen LogP contribution in [0.5, 0.6) is 0 Å². The van der Waals surface area contributed by atoms with Gasteiger partial charge < -0.3 is 10.4 Å². The molecule has 2 atom stereocenters. The van der Waals surface area contributed by atoms with Crippen molar-refractivity contribution in [3.05, 3.63) is 30.1 Å². The van der Waals surface area contributed by atoms with Crippen molar-refractivity contribution in [3.8, 4) is 0 Å². The lowest BCUT2D eigenvalue weighted by Gasteiger charge is -2.24. The van der Waals surface area contributed by atoms with Crippen molar-refractivity contribution < 1.29 is 18.3 Å². The van der Waals surface area contributed by atoms with Gasteiger partial charge in [0.25, 0.3) is 0 Å². The standard InChI is InChI=1S/C12H17F3N2O/c1-8(2)11(9-5-3-4-6-16-9)17-7-10(18)12(13,14)15/h3-6,8,10-11,17-18H,7H2,1-2H3/t10-,11-/m1/s1. The highest BCUT2D eigenvalue weighted by molar-refractivity contribution is 5.09. The Morgan fingerprint density at radius 2 is 2.00 bits per heavy atom. The van der Waals surface area contributed by atoms with Crippen LogP contribution in [-0.2, 0) is 0 Å². The molecule has 0 spiro atoms. The molecule has 0 saturated carbocycles. The zero-order chi connectivity index (χ0) is 13.8. The molecule has 0 fully saturated rings. The molecule has 1 rings (SSSR count). The molecule has 0 bridgehead atoms.